The van der Waals surface area contributed by atoms with Gasteiger partial charge in [-0.25, -0.2) is 28.7 Å². The Balaban J connectivity index is 1.32. The Morgan fingerprint density at radius 3 is 2.37 bits per heavy atom. The van der Waals surface area contributed by atoms with Crippen LogP contribution in [0.3, 0.4) is 0 Å². The lowest BCUT2D eigenvalue weighted by Crippen LogP contribution is -2.24. The first kappa shape index (κ1) is 19.0. The summed E-state index contributed by atoms with van der Waals surface area (Å²) in [7, 11) is 2.03. The van der Waals surface area contributed by atoms with E-state index in [4.69, 9.17) is 0 Å². The van der Waals surface area contributed by atoms with Crippen LogP contribution < -0.4 is 5.32 Å². The van der Waals surface area contributed by atoms with Crippen LogP contribution in [0.4, 0.5) is 14.5 Å². The van der Waals surface area contributed by atoms with Crippen molar-refractivity contribution in [2.24, 2.45) is 0 Å². The number of halogens is 2. The van der Waals surface area contributed by atoms with Crippen LogP contribution in [0.5, 0.6) is 0 Å². The van der Waals surface area contributed by atoms with Crippen LogP contribution in [-0.4, -0.2) is 51.0 Å². The van der Waals surface area contributed by atoms with E-state index in [9.17, 15) is 8.78 Å². The predicted octanol–water partition coefficient (Wildman–Crippen LogP) is 3.60. The molecular weight excluding hydrogens is 386 g/mol. The predicted molar refractivity (Wildman–Crippen MR) is 109 cm³/mol. The van der Waals surface area contributed by atoms with Crippen molar-refractivity contribution in [1.29, 1.82) is 0 Å². The van der Waals surface area contributed by atoms with Crippen molar-refractivity contribution in [2.75, 3.05) is 25.5 Å². The second-order valence-corrected chi connectivity index (χ2v) is 8.12. The molecule has 3 heterocycles. The van der Waals surface area contributed by atoms with E-state index < -0.39 is 11.6 Å². The molecule has 2 aromatic heterocycles. The van der Waals surface area contributed by atoms with Gasteiger partial charge in [0.15, 0.2) is 23.3 Å². The SMILES string of the molecule is CN1CC[C@H](Nc2cc([C@@H]3C[C@H]3c3cnc(-c4ncccn4)nc3)cc(F)c2F)C1. The highest BCUT2D eigenvalue weighted by atomic mass is 19.2. The molecule has 1 saturated carbocycles. The van der Waals surface area contributed by atoms with Crippen LogP contribution in [0.15, 0.2) is 43.0 Å². The second kappa shape index (κ2) is 7.68. The van der Waals surface area contributed by atoms with E-state index in [-0.39, 0.29) is 23.6 Å². The quantitative estimate of drug-likeness (QED) is 0.696. The van der Waals surface area contributed by atoms with Crippen molar-refractivity contribution in [3.63, 3.8) is 0 Å². The molecule has 1 saturated heterocycles. The molecule has 1 aliphatic carbocycles. The summed E-state index contributed by atoms with van der Waals surface area (Å²) in [5.41, 5.74) is 2.04. The maximum absolute atomic E-state index is 14.4. The van der Waals surface area contributed by atoms with E-state index >= 15 is 0 Å². The smallest absolute Gasteiger partial charge is 0.197 e. The van der Waals surface area contributed by atoms with Crippen LogP contribution in [0.2, 0.25) is 0 Å². The molecule has 5 rings (SSSR count). The first-order valence-corrected chi connectivity index (χ1v) is 10.1. The Morgan fingerprint density at radius 1 is 0.967 bits per heavy atom. The molecule has 1 aliphatic heterocycles. The van der Waals surface area contributed by atoms with Crippen LogP contribution >= 0.6 is 0 Å². The Bertz CT molecular complexity index is 1040. The first-order valence-electron chi connectivity index (χ1n) is 10.1. The van der Waals surface area contributed by atoms with Gasteiger partial charge in [-0.1, -0.05) is 0 Å². The lowest BCUT2D eigenvalue weighted by molar-refractivity contribution is 0.413. The number of likely N-dealkylation sites (tertiary alicyclic amines) is 1. The minimum absolute atomic E-state index is 0.134. The minimum atomic E-state index is -0.806. The largest absolute Gasteiger partial charge is 0.379 e. The van der Waals surface area contributed by atoms with Crippen molar-refractivity contribution >= 4 is 5.69 Å². The molecular formula is C22H22F2N6. The van der Waals surface area contributed by atoms with Crippen molar-refractivity contribution in [1.82, 2.24) is 24.8 Å². The summed E-state index contributed by atoms with van der Waals surface area (Å²) in [5, 5.41) is 3.19. The molecule has 8 heteroatoms. The molecule has 1 N–H and O–H groups in total. The van der Waals surface area contributed by atoms with E-state index in [0.717, 1.165) is 37.1 Å². The maximum Gasteiger partial charge on any atom is 0.197 e. The molecule has 6 nitrogen and oxygen atoms in total. The summed E-state index contributed by atoms with van der Waals surface area (Å²) in [6.07, 6.45) is 8.63. The van der Waals surface area contributed by atoms with Crippen LogP contribution in [0, 0.1) is 11.6 Å². The van der Waals surface area contributed by atoms with E-state index in [1.165, 1.54) is 6.07 Å². The Morgan fingerprint density at radius 2 is 1.67 bits per heavy atom. The van der Waals surface area contributed by atoms with E-state index in [1.807, 2.05) is 7.05 Å². The Labute approximate surface area is 173 Å². The molecule has 0 unspecified atom stereocenters. The number of aromatic nitrogens is 4. The number of anilines is 1. The number of rotatable bonds is 5. The van der Waals surface area contributed by atoms with Gasteiger partial charge in [-0.05, 0) is 67.6 Å². The molecule has 0 spiro atoms. The standard InChI is InChI=1S/C22H22F2N6/c1-30-6-3-15(12-30)29-19-8-13(7-18(23)20(19)24)16-9-17(16)14-10-27-22(28-11-14)21-25-4-2-5-26-21/h2,4-5,7-8,10-11,15-17,29H,3,6,9,12H2,1H3/t15-,16-,17-/m0/s1. The van der Waals surface area contributed by atoms with Crippen molar-refractivity contribution in [3.8, 4) is 11.6 Å². The van der Waals surface area contributed by atoms with Gasteiger partial charge < -0.3 is 10.2 Å². The maximum atomic E-state index is 14.4. The summed E-state index contributed by atoms with van der Waals surface area (Å²) >= 11 is 0. The fourth-order valence-corrected chi connectivity index (χ4v) is 4.19. The molecule has 30 heavy (non-hydrogen) atoms. The van der Waals surface area contributed by atoms with Gasteiger partial charge >= 0.3 is 0 Å². The van der Waals surface area contributed by atoms with Gasteiger partial charge in [0.1, 0.15) is 0 Å². The monoisotopic (exact) mass is 408 g/mol. The molecule has 154 valence electrons. The fourth-order valence-electron chi connectivity index (χ4n) is 4.19. The van der Waals surface area contributed by atoms with Crippen LogP contribution in [0.1, 0.15) is 35.8 Å². The zero-order valence-electron chi connectivity index (χ0n) is 16.6. The molecule has 1 aromatic carbocycles. The van der Waals surface area contributed by atoms with Crippen LogP contribution in [-0.2, 0) is 0 Å². The second-order valence-electron chi connectivity index (χ2n) is 8.12. The lowest BCUT2D eigenvalue weighted by Gasteiger charge is -2.16. The highest BCUT2D eigenvalue weighted by Crippen LogP contribution is 2.55. The average Bonchev–Trinajstić information content (AvgIpc) is 3.47. The number of hydrogen-bond donors (Lipinski definition) is 1. The molecule has 0 radical (unpaired) electrons. The number of nitrogens with zero attached hydrogens (tertiary/aromatic N) is 5. The molecule has 2 aliphatic rings. The topological polar surface area (TPSA) is 66.8 Å². The van der Waals surface area contributed by atoms with Gasteiger partial charge in [0, 0.05) is 37.4 Å². The number of likely N-dealkylation sites (N-methyl/N-ethyl adjacent to an activating group) is 1. The fraction of sp³-hybridized carbons (Fsp3) is 0.364. The van der Waals surface area contributed by atoms with Crippen molar-refractivity contribution in [2.45, 2.75) is 30.7 Å². The molecule has 0 bridgehead atoms. The van der Waals surface area contributed by atoms with Gasteiger partial charge in [-0.3, -0.25) is 0 Å². The molecule has 3 atom stereocenters. The molecule has 0 amide bonds. The zero-order chi connectivity index (χ0) is 20.7. The zero-order valence-corrected chi connectivity index (χ0v) is 16.6. The van der Waals surface area contributed by atoms with Crippen molar-refractivity contribution < 1.29 is 8.78 Å². The van der Waals surface area contributed by atoms with E-state index in [2.05, 4.69) is 30.2 Å². The number of hydrogen-bond acceptors (Lipinski definition) is 6. The highest BCUT2D eigenvalue weighted by Gasteiger charge is 2.41. The summed E-state index contributed by atoms with van der Waals surface area (Å²) in [5.74, 6) is -0.330. The van der Waals surface area contributed by atoms with E-state index in [0.29, 0.717) is 11.6 Å². The normalized spacial score (nSPS) is 23.5. The van der Waals surface area contributed by atoms with Crippen LogP contribution in [0.25, 0.3) is 11.6 Å². The molecule has 2 fully saturated rings. The number of nitrogens with one attached hydrogen (secondary N) is 1. The molecule has 3 aromatic rings. The van der Waals surface area contributed by atoms with Gasteiger partial charge in [-0.15, -0.1) is 0 Å². The highest BCUT2D eigenvalue weighted by molar-refractivity contribution is 5.52. The van der Waals surface area contributed by atoms with Gasteiger partial charge in [0.25, 0.3) is 0 Å². The van der Waals surface area contributed by atoms with Crippen molar-refractivity contribution in [3.05, 3.63) is 65.7 Å². The minimum Gasteiger partial charge on any atom is -0.379 e. The Hall–Kier alpha value is -3.00. The Kier molecular flexibility index (Phi) is 4.86. The first-order chi connectivity index (χ1) is 14.6. The third kappa shape index (κ3) is 3.75. The van der Waals surface area contributed by atoms with Gasteiger partial charge in [-0.2, -0.15) is 0 Å². The third-order valence-corrected chi connectivity index (χ3v) is 5.89. The average molecular weight is 408 g/mol. The summed E-state index contributed by atoms with van der Waals surface area (Å²) in [4.78, 5) is 19.2. The van der Waals surface area contributed by atoms with Gasteiger partial charge in [0.2, 0.25) is 0 Å². The summed E-state index contributed by atoms with van der Waals surface area (Å²) in [6.45, 7) is 1.78. The summed E-state index contributed by atoms with van der Waals surface area (Å²) < 4.78 is 28.6. The summed E-state index contributed by atoms with van der Waals surface area (Å²) in [6, 6.07) is 4.95. The van der Waals surface area contributed by atoms with E-state index in [1.54, 1.807) is 36.9 Å². The third-order valence-electron chi connectivity index (χ3n) is 5.89. The van der Waals surface area contributed by atoms with Gasteiger partial charge in [0.05, 0.1) is 5.69 Å². The number of benzene rings is 1. The lowest BCUT2D eigenvalue weighted by atomic mass is 10.0.